The van der Waals surface area contributed by atoms with Crippen LogP contribution in [0, 0.1) is 0 Å². The molecule has 96 valence electrons. The topological polar surface area (TPSA) is 43.8 Å². The van der Waals surface area contributed by atoms with Crippen molar-refractivity contribution in [3.05, 3.63) is 18.2 Å². The Labute approximate surface area is 100 Å². The number of nitrogens with zero attached hydrogens (tertiary/aromatic N) is 2. The first-order chi connectivity index (χ1) is 8.12. The second-order valence-corrected chi connectivity index (χ2v) is 4.84. The van der Waals surface area contributed by atoms with Crippen LogP contribution in [-0.2, 0) is 6.54 Å². The summed E-state index contributed by atoms with van der Waals surface area (Å²) >= 11 is 0. The highest BCUT2D eigenvalue weighted by molar-refractivity contribution is 5.07. The first kappa shape index (κ1) is 12.5. The van der Waals surface area contributed by atoms with E-state index in [1.54, 1.807) is 10.8 Å². The van der Waals surface area contributed by atoms with E-state index in [1.807, 2.05) is 0 Å². The minimum absolute atomic E-state index is 0.352. The highest BCUT2D eigenvalue weighted by Gasteiger charge is 2.29. The fourth-order valence-corrected chi connectivity index (χ4v) is 2.52. The SMILES string of the molecule is NCC(F)(F)Cn1cncc1C1CCCCC1. The zero-order valence-corrected chi connectivity index (χ0v) is 9.91. The Kier molecular flexibility index (Phi) is 3.76. The third-order valence-corrected chi connectivity index (χ3v) is 3.47. The molecule has 5 heteroatoms. The van der Waals surface area contributed by atoms with E-state index in [1.165, 1.54) is 25.6 Å². The smallest absolute Gasteiger partial charge is 0.277 e. The molecule has 0 saturated heterocycles. The van der Waals surface area contributed by atoms with Crippen LogP contribution in [0.5, 0.6) is 0 Å². The number of aromatic nitrogens is 2. The third-order valence-electron chi connectivity index (χ3n) is 3.47. The van der Waals surface area contributed by atoms with Crippen molar-refractivity contribution in [2.45, 2.75) is 50.5 Å². The molecule has 0 spiro atoms. The molecular formula is C12H19F2N3. The van der Waals surface area contributed by atoms with Gasteiger partial charge < -0.3 is 10.3 Å². The Morgan fingerprint density at radius 2 is 2.06 bits per heavy atom. The van der Waals surface area contributed by atoms with Crippen LogP contribution in [-0.4, -0.2) is 22.0 Å². The summed E-state index contributed by atoms with van der Waals surface area (Å²) in [4.78, 5) is 4.00. The molecular weight excluding hydrogens is 224 g/mol. The van der Waals surface area contributed by atoms with Crippen molar-refractivity contribution < 1.29 is 8.78 Å². The van der Waals surface area contributed by atoms with Gasteiger partial charge in [0.15, 0.2) is 0 Å². The van der Waals surface area contributed by atoms with Crippen molar-refractivity contribution in [3.63, 3.8) is 0 Å². The Morgan fingerprint density at radius 3 is 2.71 bits per heavy atom. The standard InChI is InChI=1S/C12H19F2N3/c13-12(14,7-15)8-17-9-16-6-11(17)10-4-2-1-3-5-10/h6,9-10H,1-5,7-8,15H2. The highest BCUT2D eigenvalue weighted by atomic mass is 19.3. The number of hydrogen-bond acceptors (Lipinski definition) is 2. The average molecular weight is 243 g/mol. The summed E-state index contributed by atoms with van der Waals surface area (Å²) in [6.45, 7) is -0.968. The van der Waals surface area contributed by atoms with E-state index in [2.05, 4.69) is 4.98 Å². The summed E-state index contributed by atoms with van der Waals surface area (Å²) in [5.74, 6) is -2.45. The largest absolute Gasteiger partial charge is 0.328 e. The van der Waals surface area contributed by atoms with Gasteiger partial charge in [0.1, 0.15) is 0 Å². The maximum absolute atomic E-state index is 13.3. The first-order valence-corrected chi connectivity index (χ1v) is 6.20. The zero-order valence-electron chi connectivity index (χ0n) is 9.91. The molecule has 1 aliphatic carbocycles. The van der Waals surface area contributed by atoms with Crippen LogP contribution in [0.4, 0.5) is 8.78 Å². The van der Waals surface area contributed by atoms with E-state index in [4.69, 9.17) is 5.73 Å². The predicted molar refractivity (Wildman–Crippen MR) is 62.1 cm³/mol. The zero-order chi connectivity index (χ0) is 12.3. The Balaban J connectivity index is 2.10. The molecule has 0 bridgehead atoms. The summed E-state index contributed by atoms with van der Waals surface area (Å²) in [6.07, 6.45) is 9.01. The Hall–Kier alpha value is -0.970. The van der Waals surface area contributed by atoms with Crippen LogP contribution in [0.3, 0.4) is 0 Å². The lowest BCUT2D eigenvalue weighted by Crippen LogP contribution is -2.33. The number of alkyl halides is 2. The molecule has 1 aromatic heterocycles. The summed E-state index contributed by atoms with van der Waals surface area (Å²) in [7, 11) is 0. The summed E-state index contributed by atoms with van der Waals surface area (Å²) < 4.78 is 28.2. The van der Waals surface area contributed by atoms with Crippen molar-refractivity contribution in [1.29, 1.82) is 0 Å². The van der Waals surface area contributed by atoms with Gasteiger partial charge >= 0.3 is 0 Å². The van der Waals surface area contributed by atoms with Crippen LogP contribution >= 0.6 is 0 Å². The van der Waals surface area contributed by atoms with Gasteiger partial charge in [0, 0.05) is 17.8 Å². The third kappa shape index (κ3) is 3.03. The molecule has 0 unspecified atom stereocenters. The fourth-order valence-electron chi connectivity index (χ4n) is 2.52. The Morgan fingerprint density at radius 1 is 1.35 bits per heavy atom. The quantitative estimate of drug-likeness (QED) is 0.883. The summed E-state index contributed by atoms with van der Waals surface area (Å²) in [5, 5.41) is 0. The number of rotatable bonds is 4. The van der Waals surface area contributed by atoms with Gasteiger partial charge in [-0.25, -0.2) is 13.8 Å². The summed E-state index contributed by atoms with van der Waals surface area (Å²) in [5.41, 5.74) is 6.01. The molecule has 3 nitrogen and oxygen atoms in total. The van der Waals surface area contributed by atoms with Gasteiger partial charge in [0.25, 0.3) is 5.92 Å². The molecule has 0 aromatic carbocycles. The molecule has 2 N–H and O–H groups in total. The maximum Gasteiger partial charge on any atom is 0.277 e. The van der Waals surface area contributed by atoms with E-state index in [-0.39, 0.29) is 6.54 Å². The Bertz CT molecular complexity index is 356. The highest BCUT2D eigenvalue weighted by Crippen LogP contribution is 2.33. The van der Waals surface area contributed by atoms with Gasteiger partial charge in [-0.1, -0.05) is 19.3 Å². The van der Waals surface area contributed by atoms with Crippen LogP contribution in [0.2, 0.25) is 0 Å². The second kappa shape index (κ2) is 5.12. The van der Waals surface area contributed by atoms with Gasteiger partial charge in [0.2, 0.25) is 0 Å². The molecule has 1 heterocycles. The molecule has 0 radical (unpaired) electrons. The van der Waals surface area contributed by atoms with Crippen LogP contribution in [0.25, 0.3) is 0 Å². The lowest BCUT2D eigenvalue weighted by Gasteiger charge is -2.24. The fraction of sp³-hybridized carbons (Fsp3) is 0.750. The van der Waals surface area contributed by atoms with E-state index in [9.17, 15) is 8.78 Å². The second-order valence-electron chi connectivity index (χ2n) is 4.84. The van der Waals surface area contributed by atoms with Crippen molar-refractivity contribution in [2.75, 3.05) is 6.54 Å². The van der Waals surface area contributed by atoms with Crippen LogP contribution in [0.15, 0.2) is 12.5 Å². The molecule has 2 rings (SSSR count). The lowest BCUT2D eigenvalue weighted by molar-refractivity contribution is -0.00762. The van der Waals surface area contributed by atoms with Gasteiger partial charge in [-0.15, -0.1) is 0 Å². The average Bonchev–Trinajstić information content (AvgIpc) is 2.77. The van der Waals surface area contributed by atoms with Gasteiger partial charge in [0.05, 0.1) is 19.4 Å². The molecule has 0 atom stereocenters. The number of nitrogens with two attached hydrogens (primary N) is 1. The lowest BCUT2D eigenvalue weighted by atomic mass is 9.87. The van der Waals surface area contributed by atoms with Crippen molar-refractivity contribution in [1.82, 2.24) is 9.55 Å². The molecule has 1 saturated carbocycles. The van der Waals surface area contributed by atoms with E-state index in [0.717, 1.165) is 18.5 Å². The molecule has 1 aromatic rings. The van der Waals surface area contributed by atoms with Gasteiger partial charge in [-0.05, 0) is 12.8 Å². The van der Waals surface area contributed by atoms with Gasteiger partial charge in [-0.2, -0.15) is 0 Å². The monoisotopic (exact) mass is 243 g/mol. The molecule has 17 heavy (non-hydrogen) atoms. The maximum atomic E-state index is 13.3. The molecule has 0 amide bonds. The van der Waals surface area contributed by atoms with Gasteiger partial charge in [-0.3, -0.25) is 0 Å². The van der Waals surface area contributed by atoms with E-state index < -0.39 is 12.5 Å². The number of hydrogen-bond donors (Lipinski definition) is 1. The molecule has 1 fully saturated rings. The summed E-state index contributed by atoms with van der Waals surface area (Å²) in [6, 6.07) is 0. The van der Waals surface area contributed by atoms with E-state index in [0.29, 0.717) is 5.92 Å². The number of imidazole rings is 1. The van der Waals surface area contributed by atoms with Crippen LogP contribution < -0.4 is 5.73 Å². The minimum atomic E-state index is -2.84. The first-order valence-electron chi connectivity index (χ1n) is 6.20. The number of halogens is 2. The van der Waals surface area contributed by atoms with Crippen molar-refractivity contribution >= 4 is 0 Å². The molecule has 0 aliphatic heterocycles. The van der Waals surface area contributed by atoms with Crippen molar-refractivity contribution in [2.24, 2.45) is 5.73 Å². The van der Waals surface area contributed by atoms with Crippen molar-refractivity contribution in [3.8, 4) is 0 Å². The normalized spacial score (nSPS) is 18.5. The molecule has 1 aliphatic rings. The minimum Gasteiger partial charge on any atom is -0.328 e. The van der Waals surface area contributed by atoms with Crippen LogP contribution in [0.1, 0.15) is 43.7 Å². The predicted octanol–water partition coefficient (Wildman–Crippen LogP) is 2.52. The van der Waals surface area contributed by atoms with E-state index >= 15 is 0 Å².